The van der Waals surface area contributed by atoms with Crippen molar-refractivity contribution in [3.05, 3.63) is 34.9 Å². The fourth-order valence-corrected chi connectivity index (χ4v) is 3.58. The third kappa shape index (κ3) is 3.02. The number of likely N-dealkylation sites (tertiary alicyclic amines) is 1. The Morgan fingerprint density at radius 2 is 2.13 bits per heavy atom. The van der Waals surface area contributed by atoms with Gasteiger partial charge < -0.3 is 4.90 Å². The number of hydrogen-bond donors (Lipinski definition) is 0. The highest BCUT2D eigenvalue weighted by atomic mass is 16.2. The van der Waals surface area contributed by atoms with Gasteiger partial charge in [0, 0.05) is 44.0 Å². The van der Waals surface area contributed by atoms with Crippen LogP contribution in [-0.4, -0.2) is 36.9 Å². The fourth-order valence-electron chi connectivity index (χ4n) is 3.58. The number of rotatable bonds is 4. The topological polar surface area (TPSA) is 56.0 Å². The highest BCUT2D eigenvalue weighted by molar-refractivity contribution is 5.77. The van der Waals surface area contributed by atoms with Gasteiger partial charge in [-0.3, -0.25) is 14.2 Å². The summed E-state index contributed by atoms with van der Waals surface area (Å²) in [5.41, 5.74) is 4.55. The van der Waals surface area contributed by atoms with Crippen LogP contribution in [0.5, 0.6) is 0 Å². The van der Waals surface area contributed by atoms with Gasteiger partial charge in [-0.1, -0.05) is 0 Å². The molecule has 0 saturated carbocycles. The van der Waals surface area contributed by atoms with Gasteiger partial charge in [0.15, 0.2) is 0 Å². The van der Waals surface area contributed by atoms with Crippen LogP contribution in [-0.2, 0) is 18.4 Å². The van der Waals surface area contributed by atoms with Crippen molar-refractivity contribution in [3.8, 4) is 0 Å². The average molecular weight is 315 g/mol. The molecule has 2 aromatic rings. The Hall–Kier alpha value is -2.11. The predicted octanol–water partition coefficient (Wildman–Crippen LogP) is 2.30. The van der Waals surface area contributed by atoms with E-state index in [0.717, 1.165) is 36.3 Å². The van der Waals surface area contributed by atoms with Crippen LogP contribution < -0.4 is 0 Å². The maximum absolute atomic E-state index is 12.7. The highest BCUT2D eigenvalue weighted by Gasteiger charge is 2.33. The van der Waals surface area contributed by atoms with E-state index in [9.17, 15) is 4.79 Å². The molecule has 0 radical (unpaired) electrons. The van der Waals surface area contributed by atoms with E-state index in [4.69, 9.17) is 0 Å². The first kappa shape index (κ1) is 15.8. The first-order valence-corrected chi connectivity index (χ1v) is 8.26. The lowest BCUT2D eigenvalue weighted by atomic mass is 10.0. The second kappa shape index (κ2) is 6.18. The lowest BCUT2D eigenvalue weighted by Crippen LogP contribution is -2.31. The fraction of sp³-hybridized carbons (Fsp3) is 0.588. The molecule has 2 aromatic heterocycles. The van der Waals surface area contributed by atoms with E-state index in [2.05, 4.69) is 17.1 Å². The molecule has 0 spiro atoms. The number of hydrogen-bond acceptors (Lipinski definition) is 3. The Balaban J connectivity index is 1.72. The van der Waals surface area contributed by atoms with E-state index in [-0.39, 0.29) is 11.9 Å². The van der Waals surface area contributed by atoms with E-state index in [1.165, 1.54) is 5.56 Å². The molecular weight excluding hydrogens is 290 g/mol. The second-order valence-electron chi connectivity index (χ2n) is 6.48. The van der Waals surface area contributed by atoms with Gasteiger partial charge in [0.25, 0.3) is 0 Å². The SMILES string of the molecule is Cc1cnn(CCC(=O)N2CCC[C@@H]2c2c(C)nn(C)c2C)c1. The maximum atomic E-state index is 12.7. The monoisotopic (exact) mass is 315 g/mol. The summed E-state index contributed by atoms with van der Waals surface area (Å²) in [6.07, 6.45) is 6.39. The van der Waals surface area contributed by atoms with Gasteiger partial charge in [-0.15, -0.1) is 0 Å². The summed E-state index contributed by atoms with van der Waals surface area (Å²) in [5.74, 6) is 0.211. The lowest BCUT2D eigenvalue weighted by Gasteiger charge is -2.25. The van der Waals surface area contributed by atoms with Crippen LogP contribution >= 0.6 is 0 Å². The summed E-state index contributed by atoms with van der Waals surface area (Å²) < 4.78 is 3.76. The number of nitrogens with zero attached hydrogens (tertiary/aromatic N) is 5. The van der Waals surface area contributed by atoms with E-state index < -0.39 is 0 Å². The first-order valence-electron chi connectivity index (χ1n) is 8.26. The summed E-state index contributed by atoms with van der Waals surface area (Å²) in [6.45, 7) is 7.62. The summed E-state index contributed by atoms with van der Waals surface area (Å²) in [5, 5.41) is 8.77. The van der Waals surface area contributed by atoms with Gasteiger partial charge in [0.05, 0.1) is 17.9 Å². The van der Waals surface area contributed by atoms with Gasteiger partial charge in [-0.2, -0.15) is 10.2 Å². The molecule has 6 nitrogen and oxygen atoms in total. The molecule has 0 aliphatic carbocycles. The minimum Gasteiger partial charge on any atom is -0.335 e. The van der Waals surface area contributed by atoms with Crippen LogP contribution in [0.25, 0.3) is 0 Å². The molecule has 0 aromatic carbocycles. The Kier molecular flexibility index (Phi) is 4.24. The quantitative estimate of drug-likeness (QED) is 0.870. The Bertz CT molecular complexity index is 715. The third-order valence-corrected chi connectivity index (χ3v) is 4.79. The van der Waals surface area contributed by atoms with E-state index in [0.29, 0.717) is 13.0 Å². The summed E-state index contributed by atoms with van der Waals surface area (Å²) in [4.78, 5) is 14.7. The van der Waals surface area contributed by atoms with Gasteiger partial charge in [-0.05, 0) is 39.2 Å². The van der Waals surface area contributed by atoms with Crippen LogP contribution in [0.2, 0.25) is 0 Å². The van der Waals surface area contributed by atoms with Crippen LogP contribution in [0, 0.1) is 20.8 Å². The average Bonchev–Trinajstić information content (AvgIpc) is 3.18. The largest absolute Gasteiger partial charge is 0.335 e. The highest BCUT2D eigenvalue weighted by Crippen LogP contribution is 2.35. The molecular formula is C17H25N5O. The first-order chi connectivity index (χ1) is 11.0. The smallest absolute Gasteiger partial charge is 0.224 e. The predicted molar refractivity (Wildman–Crippen MR) is 88.0 cm³/mol. The Morgan fingerprint density at radius 1 is 1.35 bits per heavy atom. The minimum absolute atomic E-state index is 0.176. The van der Waals surface area contributed by atoms with Gasteiger partial charge in [0.1, 0.15) is 0 Å². The lowest BCUT2D eigenvalue weighted by molar-refractivity contribution is -0.132. The van der Waals surface area contributed by atoms with Crippen molar-refractivity contribution in [1.29, 1.82) is 0 Å². The van der Waals surface area contributed by atoms with Crippen molar-refractivity contribution < 1.29 is 4.79 Å². The van der Waals surface area contributed by atoms with Crippen molar-refractivity contribution in [3.63, 3.8) is 0 Å². The van der Waals surface area contributed by atoms with Crippen LogP contribution in [0.15, 0.2) is 12.4 Å². The zero-order valence-electron chi connectivity index (χ0n) is 14.4. The molecule has 1 aliphatic rings. The van der Waals surface area contributed by atoms with Crippen molar-refractivity contribution in [2.45, 2.75) is 52.6 Å². The molecule has 0 N–H and O–H groups in total. The molecule has 3 rings (SSSR count). The number of carbonyl (C=O) groups excluding carboxylic acids is 1. The molecule has 1 amide bonds. The van der Waals surface area contributed by atoms with Gasteiger partial charge in [0.2, 0.25) is 5.91 Å². The summed E-state index contributed by atoms with van der Waals surface area (Å²) in [6, 6.07) is 0.176. The molecule has 1 fully saturated rings. The zero-order valence-corrected chi connectivity index (χ0v) is 14.4. The van der Waals surface area contributed by atoms with Gasteiger partial charge >= 0.3 is 0 Å². The number of amides is 1. The third-order valence-electron chi connectivity index (χ3n) is 4.79. The van der Waals surface area contributed by atoms with E-state index >= 15 is 0 Å². The molecule has 1 atom stereocenters. The standard InChI is InChI=1S/C17H25N5O/c1-12-10-18-21(11-12)9-7-16(23)22-8-5-6-15(22)17-13(2)19-20(4)14(17)3/h10-11,15H,5-9H2,1-4H3/t15-/m1/s1. The van der Waals surface area contributed by atoms with Crippen molar-refractivity contribution in [2.24, 2.45) is 7.05 Å². The van der Waals surface area contributed by atoms with Crippen LogP contribution in [0.4, 0.5) is 0 Å². The summed E-state index contributed by atoms with van der Waals surface area (Å²) in [7, 11) is 1.97. The Morgan fingerprint density at radius 3 is 2.74 bits per heavy atom. The van der Waals surface area contributed by atoms with E-state index in [1.807, 2.05) is 47.6 Å². The molecule has 23 heavy (non-hydrogen) atoms. The maximum Gasteiger partial charge on any atom is 0.224 e. The molecule has 6 heteroatoms. The molecule has 1 saturated heterocycles. The molecule has 3 heterocycles. The number of carbonyl (C=O) groups is 1. The van der Waals surface area contributed by atoms with Crippen LogP contribution in [0.1, 0.15) is 47.8 Å². The second-order valence-corrected chi connectivity index (χ2v) is 6.48. The minimum atomic E-state index is 0.176. The zero-order chi connectivity index (χ0) is 16.6. The summed E-state index contributed by atoms with van der Waals surface area (Å²) >= 11 is 0. The van der Waals surface area contributed by atoms with Crippen LogP contribution in [0.3, 0.4) is 0 Å². The van der Waals surface area contributed by atoms with E-state index in [1.54, 1.807) is 0 Å². The molecule has 0 bridgehead atoms. The molecule has 1 aliphatic heterocycles. The van der Waals surface area contributed by atoms with Crippen molar-refractivity contribution >= 4 is 5.91 Å². The number of aromatic nitrogens is 4. The normalized spacial score (nSPS) is 17.9. The molecule has 124 valence electrons. The van der Waals surface area contributed by atoms with Crippen molar-refractivity contribution in [1.82, 2.24) is 24.5 Å². The molecule has 0 unspecified atom stereocenters. The Labute approximate surface area is 137 Å². The number of aryl methyl sites for hydroxylation is 4. The van der Waals surface area contributed by atoms with Crippen molar-refractivity contribution in [2.75, 3.05) is 6.54 Å². The van der Waals surface area contributed by atoms with Gasteiger partial charge in [-0.25, -0.2) is 0 Å².